The number of hydrogen-bond acceptors (Lipinski definition) is 2. The Kier molecular flexibility index (Phi) is 3.96. The summed E-state index contributed by atoms with van der Waals surface area (Å²) in [6.07, 6.45) is -2.38. The van der Waals surface area contributed by atoms with Crippen molar-refractivity contribution < 1.29 is 23.1 Å². The molecule has 1 amide bonds. The van der Waals surface area contributed by atoms with E-state index in [-0.39, 0.29) is 18.9 Å². The molecule has 1 aliphatic carbocycles. The number of amides is 1. The Balaban J connectivity index is 2.43. The average molecular weight is 225 g/mol. The fourth-order valence-electron chi connectivity index (χ4n) is 1.33. The molecule has 0 aromatic rings. The van der Waals surface area contributed by atoms with Crippen LogP contribution in [0.3, 0.4) is 0 Å². The summed E-state index contributed by atoms with van der Waals surface area (Å²) < 4.78 is 36.2. The average Bonchev–Trinajstić information content (AvgIpc) is 2.85. The van der Waals surface area contributed by atoms with E-state index in [1.165, 1.54) is 0 Å². The molecule has 6 heteroatoms. The van der Waals surface area contributed by atoms with Crippen LogP contribution in [-0.2, 0) is 4.79 Å². The van der Waals surface area contributed by atoms with Gasteiger partial charge in [0.15, 0.2) is 0 Å². The molecule has 0 spiro atoms. The molecular formula is C9H14F3NO2. The SMILES string of the molecule is O=C(CC1CC1)N(CCO)CC(F)(F)F. The van der Waals surface area contributed by atoms with Gasteiger partial charge in [-0.25, -0.2) is 0 Å². The van der Waals surface area contributed by atoms with Crippen molar-refractivity contribution in [3.05, 3.63) is 0 Å². The third-order valence-electron chi connectivity index (χ3n) is 2.25. The second-order valence-electron chi connectivity index (χ2n) is 3.80. The number of alkyl halides is 3. The van der Waals surface area contributed by atoms with E-state index in [1.54, 1.807) is 0 Å². The van der Waals surface area contributed by atoms with Gasteiger partial charge < -0.3 is 10.0 Å². The van der Waals surface area contributed by atoms with Crippen molar-refractivity contribution in [1.82, 2.24) is 4.90 Å². The maximum Gasteiger partial charge on any atom is 0.406 e. The minimum atomic E-state index is -4.39. The Morgan fingerprint density at radius 2 is 2.00 bits per heavy atom. The zero-order valence-electron chi connectivity index (χ0n) is 8.26. The van der Waals surface area contributed by atoms with Gasteiger partial charge in [-0.1, -0.05) is 0 Å². The van der Waals surface area contributed by atoms with Crippen LogP contribution in [-0.4, -0.2) is 41.8 Å². The molecule has 1 N–H and O–H groups in total. The number of rotatable bonds is 5. The first-order valence-corrected chi connectivity index (χ1v) is 4.88. The smallest absolute Gasteiger partial charge is 0.395 e. The molecule has 0 saturated heterocycles. The summed E-state index contributed by atoms with van der Waals surface area (Å²) in [6, 6.07) is 0. The molecule has 1 aliphatic rings. The van der Waals surface area contributed by atoms with Crippen LogP contribution in [0.2, 0.25) is 0 Å². The van der Waals surface area contributed by atoms with Crippen molar-refractivity contribution in [3.63, 3.8) is 0 Å². The van der Waals surface area contributed by atoms with Crippen molar-refractivity contribution >= 4 is 5.91 Å². The van der Waals surface area contributed by atoms with Gasteiger partial charge in [0.2, 0.25) is 5.91 Å². The quantitative estimate of drug-likeness (QED) is 0.763. The number of halogens is 3. The van der Waals surface area contributed by atoms with Gasteiger partial charge in [0.25, 0.3) is 0 Å². The molecule has 3 nitrogen and oxygen atoms in total. The number of nitrogens with zero attached hydrogens (tertiary/aromatic N) is 1. The number of hydrogen-bond donors (Lipinski definition) is 1. The van der Waals surface area contributed by atoms with Crippen molar-refractivity contribution in [3.8, 4) is 0 Å². The number of aliphatic hydroxyl groups excluding tert-OH is 1. The van der Waals surface area contributed by atoms with Gasteiger partial charge >= 0.3 is 6.18 Å². The molecule has 15 heavy (non-hydrogen) atoms. The van der Waals surface area contributed by atoms with Crippen LogP contribution in [0.15, 0.2) is 0 Å². The third kappa shape index (κ3) is 5.01. The summed E-state index contributed by atoms with van der Waals surface area (Å²) >= 11 is 0. The fraction of sp³-hybridized carbons (Fsp3) is 0.889. The summed E-state index contributed by atoms with van der Waals surface area (Å²) in [5, 5.41) is 8.57. The molecule has 0 bridgehead atoms. The van der Waals surface area contributed by atoms with E-state index in [0.29, 0.717) is 4.90 Å². The molecule has 88 valence electrons. The second kappa shape index (κ2) is 4.83. The predicted molar refractivity (Wildman–Crippen MR) is 47.1 cm³/mol. The lowest BCUT2D eigenvalue weighted by Gasteiger charge is -2.23. The normalized spacial score (nSPS) is 16.5. The molecule has 0 aromatic carbocycles. The van der Waals surface area contributed by atoms with Gasteiger partial charge in [0.1, 0.15) is 6.54 Å². The maximum absolute atomic E-state index is 12.1. The highest BCUT2D eigenvalue weighted by molar-refractivity contribution is 5.76. The lowest BCUT2D eigenvalue weighted by Crippen LogP contribution is -2.40. The standard InChI is InChI=1S/C9H14F3NO2/c10-9(11,12)6-13(3-4-14)8(15)5-7-1-2-7/h7,14H,1-6H2. The lowest BCUT2D eigenvalue weighted by atomic mass is 10.2. The topological polar surface area (TPSA) is 40.5 Å². The molecule has 1 rings (SSSR count). The Hall–Kier alpha value is -0.780. The minimum Gasteiger partial charge on any atom is -0.395 e. The number of carbonyl (C=O) groups excluding carboxylic acids is 1. The van der Waals surface area contributed by atoms with Gasteiger partial charge in [0.05, 0.1) is 6.61 Å². The zero-order chi connectivity index (χ0) is 11.5. The summed E-state index contributed by atoms with van der Waals surface area (Å²) in [7, 11) is 0. The van der Waals surface area contributed by atoms with Gasteiger partial charge in [-0.3, -0.25) is 4.79 Å². The van der Waals surface area contributed by atoms with Crippen LogP contribution < -0.4 is 0 Å². The molecule has 0 radical (unpaired) electrons. The monoisotopic (exact) mass is 225 g/mol. The minimum absolute atomic E-state index is 0.177. The van der Waals surface area contributed by atoms with Crippen molar-refractivity contribution in [2.75, 3.05) is 19.7 Å². The first kappa shape index (κ1) is 12.3. The van der Waals surface area contributed by atoms with Crippen molar-refractivity contribution in [2.45, 2.75) is 25.4 Å². The lowest BCUT2D eigenvalue weighted by molar-refractivity contribution is -0.162. The molecular weight excluding hydrogens is 211 g/mol. The van der Waals surface area contributed by atoms with Gasteiger partial charge in [0, 0.05) is 13.0 Å². The Labute approximate surface area is 85.9 Å². The van der Waals surface area contributed by atoms with Gasteiger partial charge in [-0.15, -0.1) is 0 Å². The van der Waals surface area contributed by atoms with Crippen LogP contribution in [0, 0.1) is 5.92 Å². The Bertz CT molecular complexity index is 226. The van der Waals surface area contributed by atoms with E-state index in [0.717, 1.165) is 12.8 Å². The van der Waals surface area contributed by atoms with Crippen molar-refractivity contribution in [2.24, 2.45) is 5.92 Å². The van der Waals surface area contributed by atoms with E-state index in [9.17, 15) is 18.0 Å². The molecule has 0 heterocycles. The van der Waals surface area contributed by atoms with Crippen LogP contribution in [0.5, 0.6) is 0 Å². The maximum atomic E-state index is 12.1. The highest BCUT2D eigenvalue weighted by atomic mass is 19.4. The van der Waals surface area contributed by atoms with Crippen molar-refractivity contribution in [1.29, 1.82) is 0 Å². The Morgan fingerprint density at radius 1 is 1.40 bits per heavy atom. The van der Waals surface area contributed by atoms with Gasteiger partial charge in [-0.2, -0.15) is 13.2 Å². The van der Waals surface area contributed by atoms with E-state index < -0.39 is 25.2 Å². The molecule has 1 saturated carbocycles. The first-order valence-electron chi connectivity index (χ1n) is 4.88. The van der Waals surface area contributed by atoms with Crippen LogP contribution in [0.1, 0.15) is 19.3 Å². The largest absolute Gasteiger partial charge is 0.406 e. The first-order chi connectivity index (χ1) is 6.92. The summed E-state index contributed by atoms with van der Waals surface area (Å²) in [5.74, 6) is -0.254. The fourth-order valence-corrected chi connectivity index (χ4v) is 1.33. The molecule has 0 unspecified atom stereocenters. The molecule has 0 aliphatic heterocycles. The van der Waals surface area contributed by atoms with Crippen LogP contribution in [0.25, 0.3) is 0 Å². The summed E-state index contributed by atoms with van der Waals surface area (Å²) in [6.45, 7) is -1.95. The highest BCUT2D eigenvalue weighted by Gasteiger charge is 2.34. The highest BCUT2D eigenvalue weighted by Crippen LogP contribution is 2.33. The van der Waals surface area contributed by atoms with Crippen LogP contribution in [0.4, 0.5) is 13.2 Å². The molecule has 1 fully saturated rings. The second-order valence-corrected chi connectivity index (χ2v) is 3.80. The predicted octanol–water partition coefficient (Wildman–Crippen LogP) is 1.17. The zero-order valence-corrected chi connectivity index (χ0v) is 8.26. The summed E-state index contributed by atoms with van der Waals surface area (Å²) in [5.41, 5.74) is 0. The molecule has 0 aromatic heterocycles. The Morgan fingerprint density at radius 3 is 2.40 bits per heavy atom. The van der Waals surface area contributed by atoms with E-state index in [2.05, 4.69) is 0 Å². The van der Waals surface area contributed by atoms with Crippen LogP contribution >= 0.6 is 0 Å². The number of carbonyl (C=O) groups is 1. The van der Waals surface area contributed by atoms with E-state index >= 15 is 0 Å². The van der Waals surface area contributed by atoms with E-state index in [4.69, 9.17) is 5.11 Å². The van der Waals surface area contributed by atoms with E-state index in [1.807, 2.05) is 0 Å². The molecule has 0 atom stereocenters. The summed E-state index contributed by atoms with van der Waals surface area (Å²) in [4.78, 5) is 12.1. The number of aliphatic hydroxyl groups is 1. The third-order valence-corrected chi connectivity index (χ3v) is 2.25. The van der Waals surface area contributed by atoms with Gasteiger partial charge in [-0.05, 0) is 18.8 Å².